The number of benzene rings is 1. The second-order valence-electron chi connectivity index (χ2n) is 12.5. The number of carboxylic acid groups (broad SMARTS) is 1. The van der Waals surface area contributed by atoms with E-state index in [4.69, 9.17) is 24.0 Å². The van der Waals surface area contributed by atoms with Gasteiger partial charge >= 0.3 is 0 Å². The smallest absolute Gasteiger partial charge is 0.290 e. The van der Waals surface area contributed by atoms with Crippen LogP contribution in [0, 0.1) is 16.7 Å². The summed E-state index contributed by atoms with van der Waals surface area (Å²) in [5.41, 5.74) is 2.47. The van der Waals surface area contributed by atoms with E-state index in [1.54, 1.807) is 30.3 Å². The van der Waals surface area contributed by atoms with Crippen LogP contribution in [0.3, 0.4) is 0 Å². The molecule has 1 aliphatic rings. The summed E-state index contributed by atoms with van der Waals surface area (Å²) in [5, 5.41) is 23.2. The molecule has 0 unspecified atom stereocenters. The number of carbonyl (C=O) groups excluding carboxylic acids is 2. The molecule has 0 spiro atoms. The number of likely N-dealkylation sites (tertiary alicyclic amines) is 1. The van der Waals surface area contributed by atoms with Crippen molar-refractivity contribution < 1.29 is 28.6 Å². The lowest BCUT2D eigenvalue weighted by Crippen LogP contribution is -2.39. The molecule has 2 atom stereocenters. The summed E-state index contributed by atoms with van der Waals surface area (Å²) in [5.74, 6) is 0.432. The highest BCUT2D eigenvalue weighted by atomic mass is 32.1. The number of anilines is 1. The van der Waals surface area contributed by atoms with E-state index in [-0.39, 0.29) is 41.4 Å². The lowest BCUT2D eigenvalue weighted by molar-refractivity contribution is -0.127. The quantitative estimate of drug-likeness (QED) is 0.107. The van der Waals surface area contributed by atoms with Crippen molar-refractivity contribution in [1.82, 2.24) is 24.8 Å². The van der Waals surface area contributed by atoms with Gasteiger partial charge in [0.15, 0.2) is 12.2 Å². The molecule has 0 bridgehead atoms. The van der Waals surface area contributed by atoms with Crippen LogP contribution in [0.1, 0.15) is 55.8 Å². The largest absolute Gasteiger partial charge is 0.483 e. The fraction of sp³-hybridized carbons (Fsp3) is 0.412. The zero-order valence-electron chi connectivity index (χ0n) is 27.7. The third-order valence-electron chi connectivity index (χ3n) is 7.57. The first kappa shape index (κ1) is 36.0. The SMILES string of the molecule is COC[C@H](C)NCc1ccc2c(c1)nc(NC(=O)c1ccc(-c3cnco3)s1)n2C[C@H]1CCCN1C(=O)/C(C#N)=C/C(C)(C)C.O=CO. The molecular formula is C34H41N7O6S. The zero-order valence-corrected chi connectivity index (χ0v) is 28.5. The average molecular weight is 676 g/mol. The molecule has 254 valence electrons. The molecule has 3 aromatic heterocycles. The molecule has 14 heteroatoms. The van der Waals surface area contributed by atoms with Gasteiger partial charge in [-0.05, 0) is 55.0 Å². The Bertz CT molecular complexity index is 1780. The van der Waals surface area contributed by atoms with E-state index in [1.165, 1.54) is 17.7 Å². The normalized spacial score (nSPS) is 15.5. The topological polar surface area (TPSA) is 176 Å². The van der Waals surface area contributed by atoms with Gasteiger partial charge in [-0.15, -0.1) is 11.3 Å². The zero-order chi connectivity index (χ0) is 34.8. The Morgan fingerprint density at radius 1 is 1.29 bits per heavy atom. The van der Waals surface area contributed by atoms with Gasteiger partial charge in [0.05, 0.1) is 39.6 Å². The number of carbonyl (C=O) groups is 3. The Morgan fingerprint density at radius 2 is 2.06 bits per heavy atom. The maximum atomic E-state index is 13.5. The first-order valence-corrected chi connectivity index (χ1v) is 16.3. The maximum Gasteiger partial charge on any atom is 0.290 e. The van der Waals surface area contributed by atoms with Crippen LogP contribution in [-0.2, 0) is 27.4 Å². The van der Waals surface area contributed by atoms with Crippen molar-refractivity contribution in [3.63, 3.8) is 0 Å². The molecule has 1 saturated heterocycles. The number of ether oxygens (including phenoxy) is 1. The van der Waals surface area contributed by atoms with E-state index in [1.807, 2.05) is 49.6 Å². The Balaban J connectivity index is 0.00000167. The van der Waals surface area contributed by atoms with E-state index in [0.29, 0.717) is 42.8 Å². The molecule has 48 heavy (non-hydrogen) atoms. The second kappa shape index (κ2) is 16.3. The van der Waals surface area contributed by atoms with Gasteiger partial charge in [0.2, 0.25) is 5.95 Å². The molecular weight excluding hydrogens is 634 g/mol. The molecule has 13 nitrogen and oxygen atoms in total. The first-order chi connectivity index (χ1) is 23.0. The van der Waals surface area contributed by atoms with Crippen LogP contribution < -0.4 is 10.6 Å². The molecule has 2 amide bonds. The summed E-state index contributed by atoms with van der Waals surface area (Å²) >= 11 is 1.30. The van der Waals surface area contributed by atoms with Crippen LogP contribution in [0.4, 0.5) is 5.95 Å². The van der Waals surface area contributed by atoms with Crippen LogP contribution in [0.5, 0.6) is 0 Å². The molecule has 5 rings (SSSR count). The van der Waals surface area contributed by atoms with Gasteiger partial charge in [-0.2, -0.15) is 5.26 Å². The van der Waals surface area contributed by atoms with Gasteiger partial charge in [0, 0.05) is 32.8 Å². The number of nitrogens with zero attached hydrogens (tertiary/aromatic N) is 5. The minimum absolute atomic E-state index is 0.151. The number of nitrogens with one attached hydrogen (secondary N) is 2. The monoisotopic (exact) mass is 675 g/mol. The number of hydrogen-bond acceptors (Lipinski definition) is 10. The molecule has 1 fully saturated rings. The van der Waals surface area contributed by atoms with Crippen LogP contribution in [0.2, 0.25) is 0 Å². The van der Waals surface area contributed by atoms with Gasteiger partial charge in [-0.1, -0.05) is 32.9 Å². The number of nitriles is 1. The number of thiophene rings is 1. The fourth-order valence-corrected chi connectivity index (χ4v) is 6.35. The van der Waals surface area contributed by atoms with E-state index >= 15 is 0 Å². The van der Waals surface area contributed by atoms with Crippen molar-refractivity contribution in [2.75, 3.05) is 25.6 Å². The van der Waals surface area contributed by atoms with Crippen LogP contribution in [0.15, 0.2) is 59.0 Å². The minimum Gasteiger partial charge on any atom is -0.483 e. The average Bonchev–Trinajstić information content (AvgIpc) is 3.86. The molecule has 0 aliphatic carbocycles. The second-order valence-corrected chi connectivity index (χ2v) is 13.6. The van der Waals surface area contributed by atoms with Gasteiger partial charge < -0.3 is 29.0 Å². The van der Waals surface area contributed by atoms with Crippen LogP contribution >= 0.6 is 11.3 Å². The summed E-state index contributed by atoms with van der Waals surface area (Å²) in [4.78, 5) is 47.3. The van der Waals surface area contributed by atoms with Crippen molar-refractivity contribution in [2.45, 2.75) is 65.7 Å². The molecule has 4 heterocycles. The van der Waals surface area contributed by atoms with E-state index in [9.17, 15) is 14.9 Å². The number of aromatic nitrogens is 3. The maximum absolute atomic E-state index is 13.5. The lowest BCUT2D eigenvalue weighted by atomic mass is 9.93. The van der Waals surface area contributed by atoms with Crippen LogP contribution in [-0.4, -0.2) is 75.2 Å². The first-order valence-electron chi connectivity index (χ1n) is 15.5. The summed E-state index contributed by atoms with van der Waals surface area (Å²) < 4.78 is 12.6. The number of hydrogen-bond donors (Lipinski definition) is 3. The van der Waals surface area contributed by atoms with Crippen molar-refractivity contribution in [3.05, 3.63) is 65.0 Å². The van der Waals surface area contributed by atoms with E-state index in [2.05, 4.69) is 28.6 Å². The highest BCUT2D eigenvalue weighted by molar-refractivity contribution is 7.17. The summed E-state index contributed by atoms with van der Waals surface area (Å²) in [6.45, 7) is 9.94. The Hall–Kier alpha value is -4.84. The number of oxazole rings is 1. The predicted molar refractivity (Wildman–Crippen MR) is 182 cm³/mol. The van der Waals surface area contributed by atoms with Gasteiger partial charge in [0.25, 0.3) is 18.3 Å². The number of fused-ring (bicyclic) bond motifs is 1. The van der Waals surface area contributed by atoms with Gasteiger partial charge in [-0.3, -0.25) is 19.7 Å². The standard InChI is InChI=1S/C33H39N7O4S.CH2O2/c1-21(19-43-5)36-16-22-8-9-26-25(13-22)37-32(38-30(41)29-11-10-28(45-29)27-17-35-20-44-27)40(26)18-24-7-6-12-39(24)31(42)23(15-34)14-33(2,3)4;2-1-3/h8-11,13-14,17,20-21,24,36H,6-7,12,16,18-19H2,1-5H3,(H,37,38,41);1H,(H,2,3)/b23-14+;/t21-,24+;/m0./s1. The third-order valence-corrected chi connectivity index (χ3v) is 8.67. The highest BCUT2D eigenvalue weighted by Gasteiger charge is 2.32. The van der Waals surface area contributed by atoms with E-state index in [0.717, 1.165) is 34.3 Å². The Morgan fingerprint density at radius 3 is 2.73 bits per heavy atom. The predicted octanol–water partition coefficient (Wildman–Crippen LogP) is 5.32. The summed E-state index contributed by atoms with van der Waals surface area (Å²) in [7, 11) is 1.68. The number of methoxy groups -OCH3 is 1. The number of imidazole rings is 1. The Labute approximate surface area is 283 Å². The lowest BCUT2D eigenvalue weighted by Gasteiger charge is -2.26. The van der Waals surface area contributed by atoms with E-state index < -0.39 is 0 Å². The highest BCUT2D eigenvalue weighted by Crippen LogP contribution is 2.30. The molecule has 0 radical (unpaired) electrons. The Kier molecular flexibility index (Phi) is 12.2. The third kappa shape index (κ3) is 9.15. The number of amides is 2. The molecule has 1 aromatic carbocycles. The molecule has 4 aromatic rings. The number of allylic oxidation sites excluding steroid dienone is 1. The van der Waals surface area contributed by atoms with Crippen molar-refractivity contribution in [1.29, 1.82) is 5.26 Å². The van der Waals surface area contributed by atoms with Gasteiger partial charge in [-0.25, -0.2) is 9.97 Å². The van der Waals surface area contributed by atoms with Gasteiger partial charge in [0.1, 0.15) is 11.6 Å². The molecule has 1 aliphatic heterocycles. The van der Waals surface area contributed by atoms with Crippen molar-refractivity contribution >= 4 is 46.6 Å². The fourth-order valence-electron chi connectivity index (χ4n) is 5.49. The minimum atomic E-state index is -0.309. The van der Waals surface area contributed by atoms with Crippen molar-refractivity contribution in [3.8, 4) is 16.7 Å². The molecule has 0 saturated carbocycles. The molecule has 3 N–H and O–H groups in total. The summed E-state index contributed by atoms with van der Waals surface area (Å²) in [6.07, 6.45) is 6.30. The van der Waals surface area contributed by atoms with Crippen LogP contribution in [0.25, 0.3) is 21.7 Å². The number of rotatable bonds is 11. The van der Waals surface area contributed by atoms with Crippen molar-refractivity contribution in [2.24, 2.45) is 5.41 Å². The summed E-state index contributed by atoms with van der Waals surface area (Å²) in [6, 6.07) is 11.8.